The first kappa shape index (κ1) is 13.5. The second-order valence-electron chi connectivity index (χ2n) is 4.40. The first-order valence-electron chi connectivity index (χ1n) is 5.87. The molecule has 2 aromatic rings. The van der Waals surface area contributed by atoms with Gasteiger partial charge in [0.1, 0.15) is 0 Å². The predicted octanol–water partition coefficient (Wildman–Crippen LogP) is 3.64. The van der Waals surface area contributed by atoms with Crippen molar-refractivity contribution in [1.82, 2.24) is 4.98 Å². The van der Waals surface area contributed by atoms with E-state index in [1.807, 2.05) is 19.1 Å². The summed E-state index contributed by atoms with van der Waals surface area (Å²) in [6.07, 6.45) is 2.51. The van der Waals surface area contributed by atoms with Crippen molar-refractivity contribution in [2.75, 3.05) is 0 Å². The molecule has 1 heterocycles. The summed E-state index contributed by atoms with van der Waals surface area (Å²) in [4.78, 5) is 4.07. The van der Waals surface area contributed by atoms with Gasteiger partial charge in [-0.1, -0.05) is 23.7 Å². The van der Waals surface area contributed by atoms with E-state index >= 15 is 0 Å². The first-order valence-corrected chi connectivity index (χ1v) is 6.25. The number of aromatic nitrogens is 1. The van der Waals surface area contributed by atoms with Crippen LogP contribution in [0.25, 0.3) is 11.1 Å². The number of nitriles is 1. The number of aryl methyl sites for hydroxylation is 1. The van der Waals surface area contributed by atoms with Crippen molar-refractivity contribution in [1.29, 1.82) is 5.26 Å². The van der Waals surface area contributed by atoms with Crippen LogP contribution in [0.4, 0.5) is 0 Å². The molecule has 3 nitrogen and oxygen atoms in total. The number of hydrogen-bond donors (Lipinski definition) is 1. The molecule has 0 aliphatic carbocycles. The molecule has 0 amide bonds. The molecule has 1 aromatic carbocycles. The van der Waals surface area contributed by atoms with Crippen LogP contribution in [0.2, 0.25) is 5.02 Å². The van der Waals surface area contributed by atoms with Gasteiger partial charge in [-0.05, 0) is 31.0 Å². The van der Waals surface area contributed by atoms with E-state index in [1.54, 1.807) is 19.2 Å². The summed E-state index contributed by atoms with van der Waals surface area (Å²) in [5.41, 5.74) is 3.85. The Bertz CT molecular complexity index is 660. The number of aliphatic hydroxyl groups excluding tert-OH is 1. The average Bonchev–Trinajstić information content (AvgIpc) is 2.37. The molecule has 0 saturated heterocycles. The van der Waals surface area contributed by atoms with Crippen LogP contribution in [0.3, 0.4) is 0 Å². The standard InChI is InChI=1S/C15H13ClN2O/c1-9-5-11(3-4-12(9)6-17)13-7-18-8-14(16)15(13)10(2)19/h3-5,7-8,10,19H,1-2H3. The van der Waals surface area contributed by atoms with E-state index in [1.165, 1.54) is 6.20 Å². The smallest absolute Gasteiger partial charge is 0.0994 e. The van der Waals surface area contributed by atoms with E-state index in [0.29, 0.717) is 16.1 Å². The van der Waals surface area contributed by atoms with Gasteiger partial charge in [0.2, 0.25) is 0 Å². The number of hydrogen-bond acceptors (Lipinski definition) is 3. The van der Waals surface area contributed by atoms with Gasteiger partial charge in [-0.15, -0.1) is 0 Å². The highest BCUT2D eigenvalue weighted by molar-refractivity contribution is 6.31. The fourth-order valence-corrected chi connectivity index (χ4v) is 2.37. The molecule has 1 atom stereocenters. The van der Waals surface area contributed by atoms with Crippen LogP contribution < -0.4 is 0 Å². The molecule has 1 aromatic heterocycles. The van der Waals surface area contributed by atoms with Crippen LogP contribution >= 0.6 is 11.6 Å². The Balaban J connectivity index is 2.63. The third-order valence-electron chi connectivity index (χ3n) is 3.01. The Hall–Kier alpha value is -1.89. The molecule has 1 unspecified atom stereocenters. The molecular weight excluding hydrogens is 260 g/mol. The molecule has 0 aliphatic heterocycles. The van der Waals surface area contributed by atoms with Crippen molar-refractivity contribution in [3.8, 4) is 17.2 Å². The summed E-state index contributed by atoms with van der Waals surface area (Å²) in [5, 5.41) is 19.2. The lowest BCUT2D eigenvalue weighted by atomic mass is 9.96. The maximum atomic E-state index is 9.85. The summed E-state index contributed by atoms with van der Waals surface area (Å²) in [6, 6.07) is 7.63. The third kappa shape index (κ3) is 2.60. The van der Waals surface area contributed by atoms with Gasteiger partial charge >= 0.3 is 0 Å². The number of halogens is 1. The third-order valence-corrected chi connectivity index (χ3v) is 3.32. The average molecular weight is 273 g/mol. The zero-order chi connectivity index (χ0) is 14.0. The molecule has 0 spiro atoms. The normalized spacial score (nSPS) is 11.9. The van der Waals surface area contributed by atoms with Crippen molar-refractivity contribution >= 4 is 11.6 Å². The molecule has 0 fully saturated rings. The Morgan fingerprint density at radius 3 is 2.68 bits per heavy atom. The van der Waals surface area contributed by atoms with Crippen molar-refractivity contribution in [3.63, 3.8) is 0 Å². The molecule has 0 aliphatic rings. The van der Waals surface area contributed by atoms with Gasteiger partial charge in [-0.3, -0.25) is 4.98 Å². The highest BCUT2D eigenvalue weighted by atomic mass is 35.5. The van der Waals surface area contributed by atoms with E-state index in [9.17, 15) is 5.11 Å². The van der Waals surface area contributed by atoms with E-state index in [4.69, 9.17) is 16.9 Å². The highest BCUT2D eigenvalue weighted by Crippen LogP contribution is 2.33. The molecule has 0 bridgehead atoms. The molecule has 96 valence electrons. The van der Waals surface area contributed by atoms with Gasteiger partial charge in [-0.2, -0.15) is 5.26 Å². The largest absolute Gasteiger partial charge is 0.389 e. The molecule has 4 heteroatoms. The minimum Gasteiger partial charge on any atom is -0.389 e. The quantitative estimate of drug-likeness (QED) is 0.908. The second-order valence-corrected chi connectivity index (χ2v) is 4.81. The lowest BCUT2D eigenvalue weighted by Gasteiger charge is -2.14. The molecule has 0 saturated carbocycles. The molecule has 1 N–H and O–H groups in total. The number of aliphatic hydroxyl groups is 1. The zero-order valence-electron chi connectivity index (χ0n) is 10.7. The van der Waals surface area contributed by atoms with Gasteiger partial charge in [0.25, 0.3) is 0 Å². The van der Waals surface area contributed by atoms with Gasteiger partial charge in [0, 0.05) is 23.5 Å². The van der Waals surface area contributed by atoms with E-state index in [-0.39, 0.29) is 0 Å². The Kier molecular flexibility index (Phi) is 3.84. The van der Waals surface area contributed by atoms with Crippen LogP contribution in [-0.2, 0) is 0 Å². The number of nitrogens with zero attached hydrogens (tertiary/aromatic N) is 2. The van der Waals surface area contributed by atoms with Crippen LogP contribution in [0.5, 0.6) is 0 Å². The topological polar surface area (TPSA) is 56.9 Å². The highest BCUT2D eigenvalue weighted by Gasteiger charge is 2.14. The molecule has 2 rings (SSSR count). The summed E-state index contributed by atoms with van der Waals surface area (Å²) in [5.74, 6) is 0. The maximum Gasteiger partial charge on any atom is 0.0994 e. The van der Waals surface area contributed by atoms with Crippen LogP contribution in [0.15, 0.2) is 30.6 Å². The second kappa shape index (κ2) is 5.40. The van der Waals surface area contributed by atoms with E-state index < -0.39 is 6.10 Å². The van der Waals surface area contributed by atoms with Gasteiger partial charge < -0.3 is 5.11 Å². The summed E-state index contributed by atoms with van der Waals surface area (Å²) < 4.78 is 0. The summed E-state index contributed by atoms with van der Waals surface area (Å²) >= 11 is 6.10. The number of benzene rings is 1. The zero-order valence-corrected chi connectivity index (χ0v) is 11.4. The molecule has 0 radical (unpaired) electrons. The fraction of sp³-hybridized carbons (Fsp3) is 0.200. The summed E-state index contributed by atoms with van der Waals surface area (Å²) in [6.45, 7) is 3.54. The fourth-order valence-electron chi connectivity index (χ4n) is 2.06. The van der Waals surface area contributed by atoms with Crippen molar-refractivity contribution in [2.24, 2.45) is 0 Å². The van der Waals surface area contributed by atoms with Crippen molar-refractivity contribution in [3.05, 3.63) is 52.3 Å². The minimum atomic E-state index is -0.679. The van der Waals surface area contributed by atoms with Gasteiger partial charge in [0.15, 0.2) is 0 Å². The number of rotatable bonds is 2. The van der Waals surface area contributed by atoms with Crippen LogP contribution in [0, 0.1) is 18.3 Å². The Labute approximate surface area is 117 Å². The lowest BCUT2D eigenvalue weighted by molar-refractivity contribution is 0.200. The van der Waals surface area contributed by atoms with Crippen LogP contribution in [0.1, 0.15) is 29.7 Å². The van der Waals surface area contributed by atoms with E-state index in [0.717, 1.165) is 16.7 Å². The minimum absolute atomic E-state index is 0.439. The van der Waals surface area contributed by atoms with Crippen molar-refractivity contribution < 1.29 is 5.11 Å². The van der Waals surface area contributed by atoms with Gasteiger partial charge in [0.05, 0.1) is 22.8 Å². The maximum absolute atomic E-state index is 9.85. The summed E-state index contributed by atoms with van der Waals surface area (Å²) in [7, 11) is 0. The monoisotopic (exact) mass is 272 g/mol. The van der Waals surface area contributed by atoms with Gasteiger partial charge in [-0.25, -0.2) is 0 Å². The molecule has 19 heavy (non-hydrogen) atoms. The SMILES string of the molecule is Cc1cc(-c2cncc(Cl)c2C(C)O)ccc1C#N. The first-order chi connectivity index (χ1) is 9.04. The Morgan fingerprint density at radius 1 is 1.37 bits per heavy atom. The Morgan fingerprint density at radius 2 is 2.11 bits per heavy atom. The predicted molar refractivity (Wildman–Crippen MR) is 74.8 cm³/mol. The van der Waals surface area contributed by atoms with Crippen LogP contribution in [-0.4, -0.2) is 10.1 Å². The van der Waals surface area contributed by atoms with Crippen molar-refractivity contribution in [2.45, 2.75) is 20.0 Å². The van der Waals surface area contributed by atoms with E-state index in [2.05, 4.69) is 11.1 Å². The number of pyridine rings is 1. The lowest BCUT2D eigenvalue weighted by Crippen LogP contribution is -1.98. The molecular formula is C15H13ClN2O.